The Morgan fingerprint density at radius 2 is 1.95 bits per heavy atom. The van der Waals surface area contributed by atoms with Crippen LogP contribution in [-0.4, -0.2) is 13.0 Å². The first-order chi connectivity index (χ1) is 10.6. The number of carbonyl (C=O) groups excluding carboxylic acids is 1. The number of methoxy groups -OCH3 is 1. The Kier molecular flexibility index (Phi) is 5.39. The minimum Gasteiger partial charge on any atom is -0.497 e. The zero-order valence-corrected chi connectivity index (χ0v) is 13.2. The second kappa shape index (κ2) is 7.27. The van der Waals surface area contributed by atoms with Gasteiger partial charge in [0.1, 0.15) is 11.6 Å². The summed E-state index contributed by atoms with van der Waals surface area (Å²) in [6, 6.07) is 11.3. The van der Waals surface area contributed by atoms with Crippen molar-refractivity contribution < 1.29 is 13.9 Å². The first-order valence-corrected chi connectivity index (χ1v) is 7.33. The highest BCUT2D eigenvalue weighted by molar-refractivity contribution is 6.33. The summed E-state index contributed by atoms with van der Waals surface area (Å²) in [5.41, 5.74) is 0.792. The molecule has 0 fully saturated rings. The molecule has 0 bridgehead atoms. The maximum Gasteiger partial charge on any atom is 0.256 e. The number of amides is 1. The molecule has 116 valence electrons. The molecule has 1 amide bonds. The Labute approximate surface area is 134 Å². The number of rotatable bonds is 5. The number of carbonyl (C=O) groups is 1. The van der Waals surface area contributed by atoms with Crippen LogP contribution in [-0.2, 0) is 0 Å². The smallest absolute Gasteiger partial charge is 0.256 e. The maximum atomic E-state index is 13.8. The summed E-state index contributed by atoms with van der Waals surface area (Å²) in [4.78, 5) is 12.3. The zero-order chi connectivity index (χ0) is 16.1. The van der Waals surface area contributed by atoms with Crippen LogP contribution in [0.5, 0.6) is 5.75 Å². The van der Waals surface area contributed by atoms with Crippen molar-refractivity contribution >= 4 is 17.5 Å². The molecule has 2 aromatic rings. The molecule has 0 saturated carbocycles. The SMILES string of the molecule is CCC(NC(=O)c1c(F)cccc1Cl)c1ccc(OC)cc1. The molecule has 0 spiro atoms. The van der Waals surface area contributed by atoms with Gasteiger partial charge in [0.05, 0.1) is 23.7 Å². The van der Waals surface area contributed by atoms with Crippen LogP contribution < -0.4 is 10.1 Å². The third-order valence-electron chi connectivity index (χ3n) is 3.42. The normalized spacial score (nSPS) is 11.8. The van der Waals surface area contributed by atoms with Crippen LogP contribution in [0.15, 0.2) is 42.5 Å². The monoisotopic (exact) mass is 321 g/mol. The van der Waals surface area contributed by atoms with Crippen LogP contribution in [0.3, 0.4) is 0 Å². The van der Waals surface area contributed by atoms with Crippen molar-refractivity contribution in [3.63, 3.8) is 0 Å². The van der Waals surface area contributed by atoms with Gasteiger partial charge in [0.15, 0.2) is 0 Å². The van der Waals surface area contributed by atoms with Gasteiger partial charge in [0, 0.05) is 0 Å². The first kappa shape index (κ1) is 16.3. The molecule has 22 heavy (non-hydrogen) atoms. The standard InChI is InChI=1S/C17H17ClFNO2/c1-3-15(11-7-9-12(22-2)10-8-11)20-17(21)16-13(18)5-4-6-14(16)19/h4-10,15H,3H2,1-2H3,(H,20,21). The van der Waals surface area contributed by atoms with Crippen molar-refractivity contribution in [3.05, 3.63) is 64.4 Å². The van der Waals surface area contributed by atoms with Crippen molar-refractivity contribution in [1.82, 2.24) is 5.32 Å². The minimum absolute atomic E-state index is 0.0992. The van der Waals surface area contributed by atoms with Crippen LogP contribution in [0.2, 0.25) is 5.02 Å². The van der Waals surface area contributed by atoms with Gasteiger partial charge in [0.2, 0.25) is 0 Å². The topological polar surface area (TPSA) is 38.3 Å². The summed E-state index contributed by atoms with van der Waals surface area (Å²) >= 11 is 5.92. The molecule has 0 saturated heterocycles. The largest absolute Gasteiger partial charge is 0.497 e. The molecule has 0 radical (unpaired) electrons. The third-order valence-corrected chi connectivity index (χ3v) is 3.74. The van der Waals surface area contributed by atoms with E-state index in [0.717, 1.165) is 11.3 Å². The number of hydrogen-bond donors (Lipinski definition) is 1. The van der Waals surface area contributed by atoms with Crippen LogP contribution in [0, 0.1) is 5.82 Å². The fourth-order valence-corrected chi connectivity index (χ4v) is 2.45. The van der Waals surface area contributed by atoms with Crippen molar-refractivity contribution in [2.75, 3.05) is 7.11 Å². The van der Waals surface area contributed by atoms with E-state index in [1.807, 2.05) is 31.2 Å². The minimum atomic E-state index is -0.630. The van der Waals surface area contributed by atoms with Crippen LogP contribution >= 0.6 is 11.6 Å². The quantitative estimate of drug-likeness (QED) is 0.888. The van der Waals surface area contributed by atoms with E-state index in [0.29, 0.717) is 6.42 Å². The Morgan fingerprint density at radius 1 is 1.27 bits per heavy atom. The molecule has 1 unspecified atom stereocenters. The van der Waals surface area contributed by atoms with E-state index in [1.165, 1.54) is 18.2 Å². The lowest BCUT2D eigenvalue weighted by Crippen LogP contribution is -2.29. The maximum absolute atomic E-state index is 13.8. The summed E-state index contributed by atoms with van der Waals surface area (Å²) in [6.07, 6.45) is 0.671. The van der Waals surface area contributed by atoms with Gasteiger partial charge in [-0.05, 0) is 36.2 Å². The molecule has 0 heterocycles. The van der Waals surface area contributed by atoms with Gasteiger partial charge in [-0.15, -0.1) is 0 Å². The van der Waals surface area contributed by atoms with Crippen LogP contribution in [0.25, 0.3) is 0 Å². The highest BCUT2D eigenvalue weighted by atomic mass is 35.5. The van der Waals surface area contributed by atoms with E-state index in [9.17, 15) is 9.18 Å². The zero-order valence-electron chi connectivity index (χ0n) is 12.4. The van der Waals surface area contributed by atoms with Gasteiger partial charge < -0.3 is 10.1 Å². The number of halogens is 2. The average Bonchev–Trinajstić information content (AvgIpc) is 2.52. The Bertz CT molecular complexity index is 638. The Hall–Kier alpha value is -2.07. The van der Waals surface area contributed by atoms with Crippen molar-refractivity contribution in [1.29, 1.82) is 0 Å². The second-order valence-electron chi connectivity index (χ2n) is 4.80. The van der Waals surface area contributed by atoms with Gasteiger partial charge in [-0.3, -0.25) is 4.79 Å². The molecule has 0 aliphatic heterocycles. The summed E-state index contributed by atoms with van der Waals surface area (Å²) in [7, 11) is 1.59. The summed E-state index contributed by atoms with van der Waals surface area (Å²) < 4.78 is 18.9. The molecule has 5 heteroatoms. The molecule has 0 aromatic heterocycles. The molecular weight excluding hydrogens is 305 g/mol. The highest BCUT2D eigenvalue weighted by Gasteiger charge is 2.19. The van der Waals surface area contributed by atoms with Crippen LogP contribution in [0.1, 0.15) is 35.3 Å². The Balaban J connectivity index is 2.20. The van der Waals surface area contributed by atoms with Crippen molar-refractivity contribution in [2.45, 2.75) is 19.4 Å². The van der Waals surface area contributed by atoms with Crippen molar-refractivity contribution in [3.8, 4) is 5.75 Å². The third kappa shape index (κ3) is 3.57. The fourth-order valence-electron chi connectivity index (χ4n) is 2.20. The number of hydrogen-bond acceptors (Lipinski definition) is 2. The van der Waals surface area contributed by atoms with E-state index in [1.54, 1.807) is 7.11 Å². The van der Waals surface area contributed by atoms with Gasteiger partial charge >= 0.3 is 0 Å². The summed E-state index contributed by atoms with van der Waals surface area (Å²) in [6.45, 7) is 1.94. The second-order valence-corrected chi connectivity index (χ2v) is 5.21. The first-order valence-electron chi connectivity index (χ1n) is 6.95. The van der Waals surface area contributed by atoms with E-state index >= 15 is 0 Å². The highest BCUT2D eigenvalue weighted by Crippen LogP contribution is 2.23. The lowest BCUT2D eigenvalue weighted by atomic mass is 10.0. The van der Waals surface area contributed by atoms with Gasteiger partial charge in [-0.25, -0.2) is 4.39 Å². The van der Waals surface area contributed by atoms with E-state index in [4.69, 9.17) is 16.3 Å². The van der Waals surface area contributed by atoms with Gasteiger partial charge in [0.25, 0.3) is 5.91 Å². The Morgan fingerprint density at radius 3 is 2.50 bits per heavy atom. The van der Waals surface area contributed by atoms with E-state index in [-0.39, 0.29) is 16.6 Å². The predicted octanol–water partition coefficient (Wildman–Crippen LogP) is 4.37. The number of benzene rings is 2. The molecule has 2 rings (SSSR count). The van der Waals surface area contributed by atoms with Gasteiger partial charge in [-0.1, -0.05) is 36.7 Å². The van der Waals surface area contributed by atoms with Crippen LogP contribution in [0.4, 0.5) is 4.39 Å². The van der Waals surface area contributed by atoms with Gasteiger partial charge in [-0.2, -0.15) is 0 Å². The lowest BCUT2D eigenvalue weighted by Gasteiger charge is -2.18. The summed E-state index contributed by atoms with van der Waals surface area (Å²) in [5.74, 6) is -0.414. The molecule has 3 nitrogen and oxygen atoms in total. The molecule has 0 aliphatic carbocycles. The molecule has 0 aliphatic rings. The number of ether oxygens (including phenoxy) is 1. The number of nitrogens with one attached hydrogen (secondary N) is 1. The lowest BCUT2D eigenvalue weighted by molar-refractivity contribution is 0.0931. The fraction of sp³-hybridized carbons (Fsp3) is 0.235. The van der Waals surface area contributed by atoms with E-state index < -0.39 is 11.7 Å². The average molecular weight is 322 g/mol. The molecule has 2 aromatic carbocycles. The van der Waals surface area contributed by atoms with Crippen molar-refractivity contribution in [2.24, 2.45) is 0 Å². The predicted molar refractivity (Wildman–Crippen MR) is 84.9 cm³/mol. The molecular formula is C17H17ClFNO2. The molecule has 1 atom stereocenters. The molecule has 1 N–H and O–H groups in total. The van der Waals surface area contributed by atoms with E-state index in [2.05, 4.69) is 5.32 Å². The summed E-state index contributed by atoms with van der Waals surface area (Å²) in [5, 5.41) is 2.91.